The summed E-state index contributed by atoms with van der Waals surface area (Å²) in [7, 11) is 0. The Hall–Kier alpha value is -0.440. The Morgan fingerprint density at radius 1 is 1.38 bits per heavy atom. The van der Waals surface area contributed by atoms with Crippen LogP contribution in [-0.4, -0.2) is 24.2 Å². The average molecular weight is 261 g/mol. The molecule has 0 radical (unpaired) electrons. The number of hydrogen-bond acceptors (Lipinski definition) is 2. The van der Waals surface area contributed by atoms with Gasteiger partial charge in [-0.25, -0.2) is 0 Å². The monoisotopic (exact) mass is 260 g/mol. The summed E-state index contributed by atoms with van der Waals surface area (Å²) in [6, 6.07) is 7.43. The maximum atomic E-state index is 6.06. The van der Waals surface area contributed by atoms with Crippen LogP contribution in [0.4, 0.5) is 0 Å². The molecule has 2 rings (SSSR count). The van der Waals surface area contributed by atoms with Gasteiger partial charge in [-0.3, -0.25) is 0 Å². The van der Waals surface area contributed by atoms with Crippen molar-refractivity contribution in [1.29, 1.82) is 0 Å². The molecule has 0 aliphatic heterocycles. The van der Waals surface area contributed by atoms with Gasteiger partial charge in [-0.1, -0.05) is 23.7 Å². The molecule has 0 N–H and O–H groups in total. The van der Waals surface area contributed by atoms with E-state index in [1.807, 2.05) is 31.2 Å². The molecule has 1 saturated carbocycles. The summed E-state index contributed by atoms with van der Waals surface area (Å²) in [4.78, 5) is 0. The molecule has 2 nitrogen and oxygen atoms in total. The van der Waals surface area contributed by atoms with Crippen LogP contribution in [0.5, 0.6) is 5.75 Å². The van der Waals surface area contributed by atoms with Crippen molar-refractivity contribution in [3.05, 3.63) is 29.3 Å². The molecule has 0 amide bonds. The van der Waals surface area contributed by atoms with Crippen LogP contribution in [0.15, 0.2) is 24.3 Å². The quantitative estimate of drug-likeness (QED) is 0.772. The van der Waals surface area contributed by atoms with Gasteiger partial charge in [-0.15, -0.1) is 11.6 Å². The molecule has 88 valence electrons. The van der Waals surface area contributed by atoms with Crippen molar-refractivity contribution < 1.29 is 9.47 Å². The van der Waals surface area contributed by atoms with E-state index in [0.29, 0.717) is 17.4 Å². The molecule has 1 aliphatic rings. The molecule has 0 heterocycles. The summed E-state index contributed by atoms with van der Waals surface area (Å²) in [6.45, 7) is 2.60. The van der Waals surface area contributed by atoms with E-state index in [2.05, 4.69) is 0 Å². The van der Waals surface area contributed by atoms with Gasteiger partial charge in [-0.05, 0) is 19.1 Å². The summed E-state index contributed by atoms with van der Waals surface area (Å²) in [5, 5.41) is 0.670. The normalized spacial score (nSPS) is 28.6. The fraction of sp³-hybridized carbons (Fsp3) is 0.500. The van der Waals surface area contributed by atoms with Crippen LogP contribution in [0.1, 0.15) is 13.3 Å². The predicted molar refractivity (Wildman–Crippen MR) is 65.5 cm³/mol. The number of ether oxygens (including phenoxy) is 2. The maximum Gasteiger partial charge on any atom is 0.138 e. The van der Waals surface area contributed by atoms with Gasteiger partial charge in [0, 0.05) is 13.0 Å². The molecule has 3 atom stereocenters. The summed E-state index contributed by atoms with van der Waals surface area (Å²) in [5.41, 5.74) is 0. The lowest BCUT2D eigenvalue weighted by atomic mass is 9.91. The molecule has 1 fully saturated rings. The molecule has 4 heteroatoms. The first-order valence-corrected chi connectivity index (χ1v) is 6.20. The summed E-state index contributed by atoms with van der Waals surface area (Å²) in [6.07, 6.45) is 0.794. The molecule has 0 bridgehead atoms. The summed E-state index contributed by atoms with van der Waals surface area (Å²) >= 11 is 12.1. The Morgan fingerprint density at radius 2 is 2.12 bits per heavy atom. The third-order valence-corrected chi connectivity index (χ3v) is 3.39. The first kappa shape index (κ1) is 12.0. The second-order valence-electron chi connectivity index (χ2n) is 3.76. The summed E-state index contributed by atoms with van der Waals surface area (Å²) in [5.74, 6) is 0.697. The van der Waals surface area contributed by atoms with E-state index in [1.54, 1.807) is 0 Å². The van der Waals surface area contributed by atoms with Crippen LogP contribution in [0, 0.1) is 0 Å². The number of rotatable bonds is 4. The molecule has 0 aromatic heterocycles. The van der Waals surface area contributed by atoms with Gasteiger partial charge in [0.05, 0.1) is 10.4 Å². The van der Waals surface area contributed by atoms with Crippen LogP contribution in [-0.2, 0) is 4.74 Å². The SMILES string of the molecule is CCOC1C(Cl)CC1Oc1ccccc1Cl. The zero-order valence-electron chi connectivity index (χ0n) is 9.03. The fourth-order valence-electron chi connectivity index (χ4n) is 1.75. The van der Waals surface area contributed by atoms with Crippen molar-refractivity contribution in [3.8, 4) is 5.75 Å². The van der Waals surface area contributed by atoms with E-state index >= 15 is 0 Å². The van der Waals surface area contributed by atoms with Crippen LogP contribution < -0.4 is 4.74 Å². The maximum absolute atomic E-state index is 6.06. The molecule has 1 aromatic carbocycles. The highest BCUT2D eigenvalue weighted by Gasteiger charge is 2.42. The summed E-state index contributed by atoms with van der Waals surface area (Å²) < 4.78 is 11.3. The zero-order valence-corrected chi connectivity index (χ0v) is 10.5. The van der Waals surface area contributed by atoms with E-state index in [0.717, 1.165) is 6.42 Å². The van der Waals surface area contributed by atoms with Gasteiger partial charge in [0.1, 0.15) is 18.0 Å². The topological polar surface area (TPSA) is 18.5 Å². The van der Waals surface area contributed by atoms with Gasteiger partial charge in [0.15, 0.2) is 0 Å². The Balaban J connectivity index is 1.98. The number of benzene rings is 1. The van der Waals surface area contributed by atoms with Crippen molar-refractivity contribution in [2.75, 3.05) is 6.61 Å². The molecular formula is C12H14Cl2O2. The van der Waals surface area contributed by atoms with Crippen LogP contribution in [0.2, 0.25) is 5.02 Å². The lowest BCUT2D eigenvalue weighted by molar-refractivity contribution is -0.0759. The van der Waals surface area contributed by atoms with Crippen molar-refractivity contribution in [1.82, 2.24) is 0 Å². The molecule has 0 spiro atoms. The predicted octanol–water partition coefficient (Wildman–Crippen LogP) is 3.50. The van der Waals surface area contributed by atoms with Crippen LogP contribution in [0.25, 0.3) is 0 Å². The van der Waals surface area contributed by atoms with E-state index in [9.17, 15) is 0 Å². The number of hydrogen-bond donors (Lipinski definition) is 0. The van der Waals surface area contributed by atoms with Crippen molar-refractivity contribution >= 4 is 23.2 Å². The zero-order chi connectivity index (χ0) is 11.5. The Kier molecular flexibility index (Phi) is 3.95. The minimum Gasteiger partial charge on any atom is -0.486 e. The van der Waals surface area contributed by atoms with Crippen molar-refractivity contribution in [2.24, 2.45) is 0 Å². The molecule has 3 unspecified atom stereocenters. The van der Waals surface area contributed by atoms with Gasteiger partial charge >= 0.3 is 0 Å². The molecular weight excluding hydrogens is 247 g/mol. The lowest BCUT2D eigenvalue weighted by Gasteiger charge is -2.40. The van der Waals surface area contributed by atoms with Gasteiger partial charge < -0.3 is 9.47 Å². The molecule has 0 saturated heterocycles. The smallest absolute Gasteiger partial charge is 0.138 e. The van der Waals surface area contributed by atoms with Crippen molar-refractivity contribution in [2.45, 2.75) is 30.9 Å². The minimum atomic E-state index is -0.0251. The van der Waals surface area contributed by atoms with Gasteiger partial charge in [-0.2, -0.15) is 0 Å². The number of para-hydroxylation sites is 1. The fourth-order valence-corrected chi connectivity index (χ4v) is 2.34. The third-order valence-electron chi connectivity index (χ3n) is 2.65. The Morgan fingerprint density at radius 3 is 2.75 bits per heavy atom. The first-order chi connectivity index (χ1) is 7.72. The van der Waals surface area contributed by atoms with E-state index < -0.39 is 0 Å². The minimum absolute atomic E-state index is 0.0161. The number of alkyl halides is 1. The average Bonchev–Trinajstić information content (AvgIpc) is 2.28. The first-order valence-electron chi connectivity index (χ1n) is 5.39. The van der Waals surface area contributed by atoms with Crippen LogP contribution in [0.3, 0.4) is 0 Å². The molecule has 1 aliphatic carbocycles. The molecule has 16 heavy (non-hydrogen) atoms. The van der Waals surface area contributed by atoms with Gasteiger partial charge in [0.25, 0.3) is 0 Å². The van der Waals surface area contributed by atoms with E-state index in [4.69, 9.17) is 32.7 Å². The largest absolute Gasteiger partial charge is 0.486 e. The third kappa shape index (κ3) is 2.45. The van der Waals surface area contributed by atoms with Crippen molar-refractivity contribution in [3.63, 3.8) is 0 Å². The Labute approximate surface area is 105 Å². The molecule has 1 aromatic rings. The standard InChI is InChI=1S/C12H14Cl2O2/c1-2-15-12-9(14)7-11(12)16-10-6-4-3-5-8(10)13/h3-6,9,11-12H,2,7H2,1H3. The van der Waals surface area contributed by atoms with Crippen LogP contribution >= 0.6 is 23.2 Å². The lowest BCUT2D eigenvalue weighted by Crippen LogP contribution is -2.52. The van der Waals surface area contributed by atoms with E-state index in [1.165, 1.54) is 0 Å². The second-order valence-corrected chi connectivity index (χ2v) is 4.73. The van der Waals surface area contributed by atoms with Gasteiger partial charge in [0.2, 0.25) is 0 Å². The second kappa shape index (κ2) is 5.26. The van der Waals surface area contributed by atoms with E-state index in [-0.39, 0.29) is 17.6 Å². The highest BCUT2D eigenvalue weighted by atomic mass is 35.5. The number of halogens is 2. The highest BCUT2D eigenvalue weighted by molar-refractivity contribution is 6.32. The highest BCUT2D eigenvalue weighted by Crippen LogP contribution is 2.35. The Bertz CT molecular complexity index is 357.